The van der Waals surface area contributed by atoms with Crippen LogP contribution in [-0.2, 0) is 0 Å². The second-order valence-electron chi connectivity index (χ2n) is 4.28. The molecule has 0 radical (unpaired) electrons. The van der Waals surface area contributed by atoms with E-state index in [1.54, 1.807) is 13.0 Å². The average Bonchev–Trinajstić information content (AvgIpc) is 2.45. The van der Waals surface area contributed by atoms with E-state index in [0.29, 0.717) is 5.56 Å². The number of benzene rings is 2. The minimum absolute atomic E-state index is 0.0332. The fraction of sp³-hybridized carbons (Fsp3) is 0.143. The van der Waals surface area contributed by atoms with Gasteiger partial charge >= 0.3 is 0 Å². The van der Waals surface area contributed by atoms with Crippen LogP contribution >= 0.6 is 0 Å². The molecule has 2 rings (SSSR count). The molecular weight excluding hydrogens is 242 g/mol. The van der Waals surface area contributed by atoms with Crippen LogP contribution < -0.4 is 11.1 Å². The fourth-order valence-electron chi connectivity index (χ4n) is 1.77. The minimum atomic E-state index is -0.524. The first-order chi connectivity index (χ1) is 9.11. The molecule has 0 aliphatic carbocycles. The van der Waals surface area contributed by atoms with Crippen LogP contribution in [0.5, 0.6) is 0 Å². The number of nitrogens with zero attached hydrogens (tertiary/aromatic N) is 1. The Morgan fingerprint density at radius 1 is 1.26 bits per heavy atom. The Balaban J connectivity index is 2.22. The number of hydrogen-bond acceptors (Lipinski definition) is 3. The average molecular weight is 257 g/mol. The van der Waals surface area contributed by atoms with E-state index in [-0.39, 0.29) is 11.7 Å². The molecule has 0 aliphatic heterocycles. The monoisotopic (exact) mass is 257 g/mol. The first-order valence-electron chi connectivity index (χ1n) is 5.89. The highest BCUT2D eigenvalue weighted by Crippen LogP contribution is 2.15. The molecule has 0 heterocycles. The zero-order valence-electron chi connectivity index (χ0n) is 10.5. The van der Waals surface area contributed by atoms with Gasteiger partial charge in [-0.25, -0.2) is 0 Å². The molecule has 0 aliphatic rings. The number of oxime groups is 1. The Morgan fingerprint density at radius 2 is 1.95 bits per heavy atom. The third-order valence-electron chi connectivity index (χ3n) is 2.92. The van der Waals surface area contributed by atoms with Crippen molar-refractivity contribution >= 4 is 22.5 Å². The Hall–Kier alpha value is -2.56. The molecular formula is C14H15N3O2. The number of hydrogen-bond donors (Lipinski definition) is 3. The highest BCUT2D eigenvalue weighted by atomic mass is 16.4. The predicted molar refractivity (Wildman–Crippen MR) is 74.3 cm³/mol. The second-order valence-corrected chi connectivity index (χ2v) is 4.28. The van der Waals surface area contributed by atoms with Crippen molar-refractivity contribution in [3.63, 3.8) is 0 Å². The van der Waals surface area contributed by atoms with Gasteiger partial charge in [-0.15, -0.1) is 0 Å². The van der Waals surface area contributed by atoms with E-state index in [1.807, 2.05) is 36.4 Å². The molecule has 98 valence electrons. The van der Waals surface area contributed by atoms with Gasteiger partial charge in [0.1, 0.15) is 0 Å². The number of amides is 1. The molecule has 0 saturated heterocycles. The third kappa shape index (κ3) is 2.82. The van der Waals surface area contributed by atoms with Crippen molar-refractivity contribution in [1.82, 2.24) is 5.32 Å². The zero-order chi connectivity index (χ0) is 13.8. The van der Waals surface area contributed by atoms with Crippen LogP contribution in [0.1, 0.15) is 17.3 Å². The van der Waals surface area contributed by atoms with Gasteiger partial charge in [-0.2, -0.15) is 0 Å². The van der Waals surface area contributed by atoms with Crippen LogP contribution in [0.2, 0.25) is 0 Å². The summed E-state index contributed by atoms with van der Waals surface area (Å²) in [7, 11) is 0. The smallest absolute Gasteiger partial charge is 0.251 e. The summed E-state index contributed by atoms with van der Waals surface area (Å²) in [6.07, 6.45) is 0. The summed E-state index contributed by atoms with van der Waals surface area (Å²) in [5.74, 6) is -0.293. The summed E-state index contributed by atoms with van der Waals surface area (Å²) in [5, 5.41) is 16.1. The number of rotatable bonds is 3. The largest absolute Gasteiger partial charge is 0.409 e. The lowest BCUT2D eigenvalue weighted by Gasteiger charge is -2.12. The lowest BCUT2D eigenvalue weighted by molar-refractivity contribution is 0.0949. The molecule has 1 unspecified atom stereocenters. The SMILES string of the molecule is CC(NC(=O)c1ccc2ccccc2c1)/C(N)=N/O. The quantitative estimate of drug-likeness (QED) is 0.338. The molecule has 0 fully saturated rings. The fourth-order valence-corrected chi connectivity index (χ4v) is 1.77. The molecule has 0 spiro atoms. The number of carbonyl (C=O) groups excluding carboxylic acids is 1. The van der Waals surface area contributed by atoms with Crippen molar-refractivity contribution in [3.05, 3.63) is 48.0 Å². The van der Waals surface area contributed by atoms with Crippen molar-refractivity contribution in [1.29, 1.82) is 0 Å². The highest BCUT2D eigenvalue weighted by molar-refractivity contribution is 6.01. The molecule has 1 amide bonds. The van der Waals surface area contributed by atoms with E-state index in [4.69, 9.17) is 10.9 Å². The van der Waals surface area contributed by atoms with Crippen LogP contribution in [0.4, 0.5) is 0 Å². The van der Waals surface area contributed by atoms with Gasteiger partial charge in [0, 0.05) is 5.56 Å². The van der Waals surface area contributed by atoms with E-state index in [2.05, 4.69) is 10.5 Å². The Labute approximate surface area is 110 Å². The van der Waals surface area contributed by atoms with Gasteiger partial charge in [-0.05, 0) is 29.8 Å². The van der Waals surface area contributed by atoms with E-state index in [9.17, 15) is 4.79 Å². The zero-order valence-corrected chi connectivity index (χ0v) is 10.5. The first kappa shape index (κ1) is 12.9. The lowest BCUT2D eigenvalue weighted by Crippen LogP contribution is -2.42. The van der Waals surface area contributed by atoms with Crippen LogP contribution in [-0.4, -0.2) is 23.0 Å². The standard InChI is InChI=1S/C14H15N3O2/c1-9(13(15)17-19)16-14(18)12-7-6-10-4-2-3-5-11(10)8-12/h2-9,19H,1H3,(H2,15,17)(H,16,18). The van der Waals surface area contributed by atoms with Gasteiger partial charge in [0.25, 0.3) is 5.91 Å². The minimum Gasteiger partial charge on any atom is -0.409 e. The number of nitrogens with two attached hydrogens (primary N) is 1. The maximum absolute atomic E-state index is 12.0. The van der Waals surface area contributed by atoms with Crippen LogP contribution in [0, 0.1) is 0 Å². The van der Waals surface area contributed by atoms with Gasteiger partial charge in [-0.1, -0.05) is 35.5 Å². The number of fused-ring (bicyclic) bond motifs is 1. The van der Waals surface area contributed by atoms with Crippen molar-refractivity contribution in [2.75, 3.05) is 0 Å². The van der Waals surface area contributed by atoms with Gasteiger partial charge in [-0.3, -0.25) is 4.79 Å². The van der Waals surface area contributed by atoms with Gasteiger partial charge in [0.2, 0.25) is 0 Å². The van der Waals surface area contributed by atoms with Crippen LogP contribution in [0.25, 0.3) is 10.8 Å². The summed E-state index contributed by atoms with van der Waals surface area (Å²) >= 11 is 0. The summed E-state index contributed by atoms with van der Waals surface area (Å²) in [6, 6.07) is 12.7. The summed E-state index contributed by atoms with van der Waals surface area (Å²) < 4.78 is 0. The Morgan fingerprint density at radius 3 is 2.63 bits per heavy atom. The van der Waals surface area contributed by atoms with E-state index < -0.39 is 6.04 Å². The van der Waals surface area contributed by atoms with Crippen molar-refractivity contribution < 1.29 is 10.0 Å². The van der Waals surface area contributed by atoms with Crippen molar-refractivity contribution in [2.24, 2.45) is 10.9 Å². The van der Waals surface area contributed by atoms with Crippen molar-refractivity contribution in [3.8, 4) is 0 Å². The predicted octanol–water partition coefficient (Wildman–Crippen LogP) is 1.70. The second kappa shape index (κ2) is 5.39. The maximum atomic E-state index is 12.0. The van der Waals surface area contributed by atoms with Gasteiger partial charge in [0.15, 0.2) is 5.84 Å². The first-order valence-corrected chi connectivity index (χ1v) is 5.89. The molecule has 0 bridgehead atoms. The molecule has 5 nitrogen and oxygen atoms in total. The van der Waals surface area contributed by atoms with Gasteiger partial charge in [0.05, 0.1) is 6.04 Å². The molecule has 2 aromatic rings. The summed E-state index contributed by atoms with van der Waals surface area (Å²) in [5.41, 5.74) is 5.96. The molecule has 5 heteroatoms. The highest BCUT2D eigenvalue weighted by Gasteiger charge is 2.13. The number of amidine groups is 1. The molecule has 1 atom stereocenters. The lowest BCUT2D eigenvalue weighted by atomic mass is 10.1. The normalized spacial score (nSPS) is 13.2. The summed E-state index contributed by atoms with van der Waals surface area (Å²) in [6.45, 7) is 1.65. The van der Waals surface area contributed by atoms with Crippen LogP contribution in [0.3, 0.4) is 0 Å². The number of nitrogens with one attached hydrogen (secondary N) is 1. The van der Waals surface area contributed by atoms with Crippen LogP contribution in [0.15, 0.2) is 47.6 Å². The Kier molecular flexibility index (Phi) is 3.66. The van der Waals surface area contributed by atoms with Gasteiger partial charge < -0.3 is 16.3 Å². The van der Waals surface area contributed by atoms with Crippen molar-refractivity contribution in [2.45, 2.75) is 13.0 Å². The third-order valence-corrected chi connectivity index (χ3v) is 2.92. The molecule has 2 aromatic carbocycles. The Bertz CT molecular complexity index is 637. The molecule has 19 heavy (non-hydrogen) atoms. The van der Waals surface area contributed by atoms with E-state index >= 15 is 0 Å². The molecule has 0 aromatic heterocycles. The molecule has 0 saturated carbocycles. The maximum Gasteiger partial charge on any atom is 0.251 e. The van der Waals surface area contributed by atoms with E-state index in [1.165, 1.54) is 0 Å². The number of carbonyl (C=O) groups is 1. The summed E-state index contributed by atoms with van der Waals surface area (Å²) in [4.78, 5) is 12.0. The molecule has 4 N–H and O–H groups in total. The topological polar surface area (TPSA) is 87.7 Å². The van der Waals surface area contributed by atoms with E-state index in [0.717, 1.165) is 10.8 Å².